The first-order chi connectivity index (χ1) is 9.31. The fraction of sp³-hybridized carbons (Fsp3) is 0.308. The van der Waals surface area contributed by atoms with E-state index in [0.717, 1.165) is 23.8 Å². The molecule has 0 fully saturated rings. The molecule has 0 atom stereocenters. The second-order valence-corrected chi connectivity index (χ2v) is 5.33. The van der Waals surface area contributed by atoms with Gasteiger partial charge in [-0.2, -0.15) is 5.10 Å². The average molecular weight is 277 g/mol. The van der Waals surface area contributed by atoms with Crippen LogP contribution in [0.2, 0.25) is 0 Å². The van der Waals surface area contributed by atoms with Crippen LogP contribution in [0.4, 0.5) is 5.82 Å². The van der Waals surface area contributed by atoms with Crippen LogP contribution < -0.4 is 15.2 Å². The molecule has 1 aromatic carbocycles. The summed E-state index contributed by atoms with van der Waals surface area (Å²) in [6, 6.07) is 7.84. The van der Waals surface area contributed by atoms with Crippen molar-refractivity contribution in [1.82, 2.24) is 9.78 Å². The van der Waals surface area contributed by atoms with Crippen molar-refractivity contribution in [3.05, 3.63) is 30.5 Å². The van der Waals surface area contributed by atoms with Crippen LogP contribution in [0.25, 0.3) is 0 Å². The first kappa shape index (κ1) is 12.2. The number of nitrogen functional groups attached to an aromatic ring is 1. The van der Waals surface area contributed by atoms with Gasteiger partial charge in [-0.25, -0.2) is 0 Å². The first-order valence-corrected chi connectivity index (χ1v) is 7.11. The summed E-state index contributed by atoms with van der Waals surface area (Å²) in [6.45, 7) is 2.07. The Morgan fingerprint density at radius 2 is 2.05 bits per heavy atom. The maximum atomic E-state index is 5.57. The summed E-state index contributed by atoms with van der Waals surface area (Å²) in [5.74, 6) is 3.15. The minimum absolute atomic E-state index is 0.560. The molecule has 0 amide bonds. The molecule has 0 aliphatic carbocycles. The number of benzene rings is 1. The zero-order valence-electron chi connectivity index (χ0n) is 10.4. The zero-order valence-corrected chi connectivity index (χ0v) is 11.2. The number of thioether (sulfide) groups is 1. The van der Waals surface area contributed by atoms with E-state index in [1.54, 1.807) is 17.8 Å². The molecular weight excluding hydrogens is 262 g/mol. The molecule has 1 aliphatic rings. The summed E-state index contributed by atoms with van der Waals surface area (Å²) in [5.41, 5.74) is 5.57. The monoisotopic (exact) mass is 277 g/mol. The maximum absolute atomic E-state index is 5.57. The summed E-state index contributed by atoms with van der Waals surface area (Å²) >= 11 is 1.76. The molecule has 2 aromatic rings. The van der Waals surface area contributed by atoms with E-state index in [1.807, 2.05) is 23.0 Å². The van der Waals surface area contributed by atoms with Crippen LogP contribution in [0.5, 0.6) is 11.5 Å². The van der Waals surface area contributed by atoms with Gasteiger partial charge in [-0.3, -0.25) is 4.68 Å². The molecule has 0 radical (unpaired) electrons. The van der Waals surface area contributed by atoms with Gasteiger partial charge in [0.05, 0.1) is 6.54 Å². The molecule has 2 heterocycles. The Morgan fingerprint density at radius 1 is 1.21 bits per heavy atom. The minimum Gasteiger partial charge on any atom is -0.486 e. The molecule has 0 bridgehead atoms. The highest BCUT2D eigenvalue weighted by molar-refractivity contribution is 7.99. The maximum Gasteiger partial charge on any atom is 0.162 e. The Kier molecular flexibility index (Phi) is 3.50. The Hall–Kier alpha value is -1.82. The second-order valence-electron chi connectivity index (χ2n) is 4.16. The molecule has 5 nitrogen and oxygen atoms in total. The van der Waals surface area contributed by atoms with Gasteiger partial charge in [-0.05, 0) is 24.3 Å². The lowest BCUT2D eigenvalue weighted by molar-refractivity contribution is 0.171. The predicted octanol–water partition coefficient (Wildman–Crippen LogP) is 2.03. The largest absolute Gasteiger partial charge is 0.486 e. The van der Waals surface area contributed by atoms with Crippen molar-refractivity contribution in [1.29, 1.82) is 0 Å². The van der Waals surface area contributed by atoms with Gasteiger partial charge in [-0.15, -0.1) is 11.8 Å². The number of nitrogens with zero attached hydrogens (tertiary/aromatic N) is 2. The van der Waals surface area contributed by atoms with Crippen LogP contribution in [0.1, 0.15) is 0 Å². The average Bonchev–Trinajstić information content (AvgIpc) is 2.84. The number of ether oxygens (including phenoxy) is 2. The number of aromatic nitrogens is 2. The number of fused-ring (bicyclic) bond motifs is 1. The highest BCUT2D eigenvalue weighted by atomic mass is 32.2. The van der Waals surface area contributed by atoms with Gasteiger partial charge in [0.25, 0.3) is 0 Å². The van der Waals surface area contributed by atoms with Gasteiger partial charge < -0.3 is 15.2 Å². The van der Waals surface area contributed by atoms with Gasteiger partial charge in [-0.1, -0.05) is 0 Å². The molecule has 6 heteroatoms. The van der Waals surface area contributed by atoms with Crippen molar-refractivity contribution >= 4 is 17.6 Å². The summed E-state index contributed by atoms with van der Waals surface area (Å²) in [5, 5.41) is 4.15. The van der Waals surface area contributed by atoms with E-state index < -0.39 is 0 Å². The molecule has 19 heavy (non-hydrogen) atoms. The molecule has 2 N–H and O–H groups in total. The fourth-order valence-electron chi connectivity index (χ4n) is 1.87. The standard InChI is InChI=1S/C13H15N3O2S/c14-13-3-4-16(15-13)5-8-19-10-1-2-11-12(9-10)18-7-6-17-11/h1-4,9H,5-8H2,(H2,14,15). The number of rotatable bonds is 4. The van der Waals surface area contributed by atoms with Crippen molar-refractivity contribution in [2.45, 2.75) is 11.4 Å². The van der Waals surface area contributed by atoms with Crippen LogP contribution in [0.3, 0.4) is 0 Å². The normalized spacial score (nSPS) is 13.5. The van der Waals surface area contributed by atoms with Gasteiger partial charge in [0.2, 0.25) is 0 Å². The Bertz CT molecular complexity index is 571. The van der Waals surface area contributed by atoms with Crippen LogP contribution in [0.15, 0.2) is 35.4 Å². The Labute approximate surface area is 115 Å². The molecule has 0 saturated carbocycles. The van der Waals surface area contributed by atoms with Gasteiger partial charge in [0.1, 0.15) is 19.0 Å². The predicted molar refractivity (Wildman–Crippen MR) is 74.8 cm³/mol. The van der Waals surface area contributed by atoms with E-state index in [2.05, 4.69) is 11.2 Å². The lowest BCUT2D eigenvalue weighted by atomic mass is 10.3. The SMILES string of the molecule is Nc1ccn(CCSc2ccc3c(c2)OCCO3)n1. The third-order valence-electron chi connectivity index (χ3n) is 2.76. The van der Waals surface area contributed by atoms with Crippen LogP contribution in [0, 0.1) is 0 Å². The van der Waals surface area contributed by atoms with Crippen LogP contribution in [-0.4, -0.2) is 28.7 Å². The summed E-state index contributed by atoms with van der Waals surface area (Å²) in [7, 11) is 0. The minimum atomic E-state index is 0.560. The molecule has 0 saturated heterocycles. The Balaban J connectivity index is 1.58. The van der Waals surface area contributed by atoms with Crippen molar-refractivity contribution in [3.8, 4) is 11.5 Å². The highest BCUT2D eigenvalue weighted by Gasteiger charge is 2.11. The van der Waals surface area contributed by atoms with E-state index in [0.29, 0.717) is 19.0 Å². The summed E-state index contributed by atoms with van der Waals surface area (Å²) in [6.07, 6.45) is 1.89. The molecule has 0 spiro atoms. The number of anilines is 1. The van der Waals surface area contributed by atoms with Crippen LogP contribution in [-0.2, 0) is 6.54 Å². The lowest BCUT2D eigenvalue weighted by Crippen LogP contribution is -2.15. The number of hydrogen-bond donors (Lipinski definition) is 1. The molecule has 1 aliphatic heterocycles. The van der Waals surface area contributed by atoms with Crippen LogP contribution >= 0.6 is 11.8 Å². The van der Waals surface area contributed by atoms with E-state index in [1.165, 1.54) is 4.90 Å². The van der Waals surface area contributed by atoms with Gasteiger partial charge in [0.15, 0.2) is 11.5 Å². The number of aryl methyl sites for hydroxylation is 1. The fourth-order valence-corrected chi connectivity index (χ4v) is 2.74. The zero-order chi connectivity index (χ0) is 13.1. The van der Waals surface area contributed by atoms with Crippen molar-refractivity contribution in [2.24, 2.45) is 0 Å². The van der Waals surface area contributed by atoms with E-state index in [9.17, 15) is 0 Å². The molecule has 1 aromatic heterocycles. The third-order valence-corrected chi connectivity index (χ3v) is 3.74. The lowest BCUT2D eigenvalue weighted by Gasteiger charge is -2.18. The van der Waals surface area contributed by atoms with Crippen molar-refractivity contribution < 1.29 is 9.47 Å². The summed E-state index contributed by atoms with van der Waals surface area (Å²) in [4.78, 5) is 1.17. The topological polar surface area (TPSA) is 62.3 Å². The quantitative estimate of drug-likeness (QED) is 0.866. The van der Waals surface area contributed by atoms with Gasteiger partial charge >= 0.3 is 0 Å². The second kappa shape index (κ2) is 5.44. The summed E-state index contributed by atoms with van der Waals surface area (Å²) < 4.78 is 12.9. The smallest absolute Gasteiger partial charge is 0.162 e. The van der Waals surface area contributed by atoms with E-state index >= 15 is 0 Å². The Morgan fingerprint density at radius 3 is 2.84 bits per heavy atom. The molecule has 0 unspecified atom stereocenters. The number of hydrogen-bond acceptors (Lipinski definition) is 5. The van der Waals surface area contributed by atoms with Gasteiger partial charge in [0, 0.05) is 16.8 Å². The molecule has 3 rings (SSSR count). The molecule has 100 valence electrons. The highest BCUT2D eigenvalue weighted by Crippen LogP contribution is 2.34. The van der Waals surface area contributed by atoms with E-state index in [-0.39, 0.29) is 0 Å². The number of nitrogens with two attached hydrogens (primary N) is 1. The van der Waals surface area contributed by atoms with Crippen molar-refractivity contribution in [2.75, 3.05) is 24.7 Å². The molecular formula is C13H15N3O2S. The third kappa shape index (κ3) is 2.96. The van der Waals surface area contributed by atoms with Crippen molar-refractivity contribution in [3.63, 3.8) is 0 Å². The first-order valence-electron chi connectivity index (χ1n) is 6.13. The van der Waals surface area contributed by atoms with E-state index in [4.69, 9.17) is 15.2 Å².